The maximum Gasteiger partial charge on any atom is 0.261 e. The van der Waals surface area contributed by atoms with Crippen LogP contribution in [0.15, 0.2) is 83.8 Å². The van der Waals surface area contributed by atoms with Crippen molar-refractivity contribution in [2.45, 2.75) is 43.6 Å². The molecular formula is C24H27NO3S. The zero-order valence-corrected chi connectivity index (χ0v) is 18.0. The molecule has 3 aromatic rings. The molecule has 0 aromatic heterocycles. The zero-order chi connectivity index (χ0) is 21.3. The second kappa shape index (κ2) is 7.65. The van der Waals surface area contributed by atoms with E-state index in [1.165, 1.54) is 0 Å². The van der Waals surface area contributed by atoms with Gasteiger partial charge in [0.25, 0.3) is 10.0 Å². The van der Waals surface area contributed by atoms with Crippen molar-refractivity contribution in [3.8, 4) is 0 Å². The Morgan fingerprint density at radius 1 is 0.724 bits per heavy atom. The quantitative estimate of drug-likeness (QED) is 0.620. The highest BCUT2D eigenvalue weighted by molar-refractivity contribution is 7.92. The van der Waals surface area contributed by atoms with Gasteiger partial charge < -0.3 is 5.11 Å². The van der Waals surface area contributed by atoms with E-state index in [0.29, 0.717) is 16.8 Å². The molecule has 0 bridgehead atoms. The van der Waals surface area contributed by atoms with Gasteiger partial charge in [-0.05, 0) is 41.7 Å². The van der Waals surface area contributed by atoms with Crippen LogP contribution in [0.4, 0.5) is 5.69 Å². The Hall–Kier alpha value is -2.63. The van der Waals surface area contributed by atoms with Crippen molar-refractivity contribution < 1.29 is 13.5 Å². The first-order valence-electron chi connectivity index (χ1n) is 9.52. The van der Waals surface area contributed by atoms with Crippen LogP contribution in [0.2, 0.25) is 0 Å². The van der Waals surface area contributed by atoms with Crippen LogP contribution in [0.1, 0.15) is 44.4 Å². The fourth-order valence-corrected chi connectivity index (χ4v) is 4.33. The number of hydrogen-bond donors (Lipinski definition) is 2. The van der Waals surface area contributed by atoms with E-state index in [0.717, 1.165) is 5.56 Å². The van der Waals surface area contributed by atoms with Crippen LogP contribution in [0.25, 0.3) is 0 Å². The summed E-state index contributed by atoms with van der Waals surface area (Å²) in [6.45, 7) is 7.90. The molecule has 5 heteroatoms. The summed E-state index contributed by atoms with van der Waals surface area (Å²) in [5.41, 5.74) is 1.17. The summed E-state index contributed by atoms with van der Waals surface area (Å²) < 4.78 is 28.6. The highest BCUT2D eigenvalue weighted by Gasteiger charge is 2.29. The molecule has 29 heavy (non-hydrogen) atoms. The van der Waals surface area contributed by atoms with Crippen LogP contribution in [-0.2, 0) is 21.0 Å². The summed E-state index contributed by atoms with van der Waals surface area (Å²) in [5, 5.41) is 11.2. The number of benzene rings is 3. The number of para-hydroxylation sites is 1. The molecule has 3 aromatic carbocycles. The van der Waals surface area contributed by atoms with E-state index in [2.05, 4.69) is 25.5 Å². The minimum atomic E-state index is -3.80. The fraction of sp³-hybridized carbons (Fsp3) is 0.250. The van der Waals surface area contributed by atoms with E-state index < -0.39 is 15.6 Å². The van der Waals surface area contributed by atoms with Crippen molar-refractivity contribution in [1.29, 1.82) is 0 Å². The number of hydrogen-bond acceptors (Lipinski definition) is 3. The van der Waals surface area contributed by atoms with E-state index in [1.54, 1.807) is 43.3 Å². The van der Waals surface area contributed by atoms with Crippen LogP contribution in [0.5, 0.6) is 0 Å². The lowest BCUT2D eigenvalue weighted by molar-refractivity contribution is 0.103. The first kappa shape index (κ1) is 21.1. The largest absolute Gasteiger partial charge is 0.381 e. The molecule has 4 nitrogen and oxygen atoms in total. The molecule has 0 spiro atoms. The predicted molar refractivity (Wildman–Crippen MR) is 118 cm³/mol. The lowest BCUT2D eigenvalue weighted by Gasteiger charge is -2.27. The Kier molecular flexibility index (Phi) is 5.57. The maximum absolute atomic E-state index is 13.0. The topological polar surface area (TPSA) is 66.4 Å². The molecule has 1 unspecified atom stereocenters. The van der Waals surface area contributed by atoms with Gasteiger partial charge in [-0.15, -0.1) is 0 Å². The van der Waals surface area contributed by atoms with Crippen LogP contribution in [-0.4, -0.2) is 13.5 Å². The SMILES string of the molecule is CC(C)(C)c1ccc(S(=O)(=O)Nc2ccccc2C(C)(O)c2ccccc2)cc1. The molecule has 0 aliphatic heterocycles. The van der Waals surface area contributed by atoms with E-state index in [9.17, 15) is 13.5 Å². The summed E-state index contributed by atoms with van der Waals surface area (Å²) >= 11 is 0. The summed E-state index contributed by atoms with van der Waals surface area (Å²) in [5.74, 6) is 0. The highest BCUT2D eigenvalue weighted by atomic mass is 32.2. The van der Waals surface area contributed by atoms with Gasteiger partial charge in [-0.1, -0.05) is 81.4 Å². The van der Waals surface area contributed by atoms with Crippen molar-refractivity contribution in [2.24, 2.45) is 0 Å². The van der Waals surface area contributed by atoms with Crippen LogP contribution >= 0.6 is 0 Å². The van der Waals surface area contributed by atoms with Gasteiger partial charge in [0.15, 0.2) is 0 Å². The Balaban J connectivity index is 1.97. The molecule has 0 saturated heterocycles. The second-order valence-electron chi connectivity index (χ2n) is 8.36. The Bertz CT molecular complexity index is 1080. The number of rotatable bonds is 5. The van der Waals surface area contributed by atoms with E-state index in [4.69, 9.17) is 0 Å². The van der Waals surface area contributed by atoms with E-state index >= 15 is 0 Å². The molecule has 0 aliphatic carbocycles. The van der Waals surface area contributed by atoms with Gasteiger partial charge in [0, 0.05) is 5.56 Å². The van der Waals surface area contributed by atoms with Gasteiger partial charge in [0.05, 0.1) is 10.6 Å². The van der Waals surface area contributed by atoms with Crippen molar-refractivity contribution in [3.63, 3.8) is 0 Å². The monoisotopic (exact) mass is 409 g/mol. The molecule has 0 heterocycles. The number of aliphatic hydroxyl groups is 1. The van der Waals surface area contributed by atoms with Crippen LogP contribution < -0.4 is 4.72 Å². The second-order valence-corrected chi connectivity index (χ2v) is 10.0. The molecule has 0 fully saturated rings. The van der Waals surface area contributed by atoms with Crippen LogP contribution in [0.3, 0.4) is 0 Å². The standard InChI is InChI=1S/C24H27NO3S/c1-23(2,3)18-14-16-20(17-15-18)29(27,28)25-22-13-9-8-12-21(22)24(4,26)19-10-6-5-7-11-19/h5-17,25-26H,1-4H3. The minimum Gasteiger partial charge on any atom is -0.381 e. The van der Waals surface area contributed by atoms with Gasteiger partial charge >= 0.3 is 0 Å². The smallest absolute Gasteiger partial charge is 0.261 e. The zero-order valence-electron chi connectivity index (χ0n) is 17.2. The molecule has 3 rings (SSSR count). The number of sulfonamides is 1. The third kappa shape index (κ3) is 4.52. The predicted octanol–water partition coefficient (Wildman–Crippen LogP) is 5.04. The first-order valence-corrected chi connectivity index (χ1v) is 11.0. The van der Waals surface area contributed by atoms with Gasteiger partial charge in [-0.25, -0.2) is 8.42 Å². The summed E-state index contributed by atoms with van der Waals surface area (Å²) in [7, 11) is -3.80. The highest BCUT2D eigenvalue weighted by Crippen LogP contribution is 2.35. The van der Waals surface area contributed by atoms with E-state index in [-0.39, 0.29) is 10.3 Å². The Labute approximate surface area is 173 Å². The average molecular weight is 410 g/mol. The van der Waals surface area contributed by atoms with E-state index in [1.807, 2.05) is 42.5 Å². The average Bonchev–Trinajstić information content (AvgIpc) is 2.68. The first-order chi connectivity index (χ1) is 13.5. The molecular weight excluding hydrogens is 382 g/mol. The van der Waals surface area contributed by atoms with Gasteiger partial charge in [-0.2, -0.15) is 0 Å². The van der Waals surface area contributed by atoms with Crippen molar-refractivity contribution in [3.05, 3.63) is 95.6 Å². The summed E-state index contributed by atoms with van der Waals surface area (Å²) in [4.78, 5) is 0.180. The third-order valence-corrected chi connectivity index (χ3v) is 6.44. The van der Waals surface area contributed by atoms with Gasteiger partial charge in [0.2, 0.25) is 0 Å². The summed E-state index contributed by atoms with van der Waals surface area (Å²) in [6.07, 6.45) is 0. The lowest BCUT2D eigenvalue weighted by atomic mass is 9.87. The number of anilines is 1. The Morgan fingerprint density at radius 3 is 1.86 bits per heavy atom. The molecule has 1 atom stereocenters. The molecule has 0 aliphatic rings. The minimum absolute atomic E-state index is 0.0588. The van der Waals surface area contributed by atoms with Crippen LogP contribution in [0, 0.1) is 0 Å². The lowest BCUT2D eigenvalue weighted by Crippen LogP contribution is -2.25. The van der Waals surface area contributed by atoms with Gasteiger partial charge in [-0.3, -0.25) is 4.72 Å². The Morgan fingerprint density at radius 2 is 1.28 bits per heavy atom. The van der Waals surface area contributed by atoms with Gasteiger partial charge in [0.1, 0.15) is 5.60 Å². The van der Waals surface area contributed by atoms with Crippen molar-refractivity contribution in [2.75, 3.05) is 4.72 Å². The molecule has 152 valence electrons. The summed E-state index contributed by atoms with van der Waals surface area (Å²) in [6, 6.07) is 23.0. The maximum atomic E-state index is 13.0. The van der Waals surface area contributed by atoms with Crippen molar-refractivity contribution >= 4 is 15.7 Å². The fourth-order valence-electron chi connectivity index (χ4n) is 3.25. The van der Waals surface area contributed by atoms with Crippen molar-refractivity contribution in [1.82, 2.24) is 0 Å². The third-order valence-electron chi connectivity index (χ3n) is 5.06. The molecule has 0 radical (unpaired) electrons. The normalized spacial score (nSPS) is 14.2. The molecule has 2 N–H and O–H groups in total. The molecule has 0 saturated carbocycles. The number of nitrogens with one attached hydrogen (secondary N) is 1. The molecule has 0 amide bonds.